The molecule has 0 fully saturated rings. The van der Waals surface area contributed by atoms with Crippen molar-refractivity contribution in [3.8, 4) is 16.9 Å². The highest BCUT2D eigenvalue weighted by Crippen LogP contribution is 2.29. The lowest BCUT2D eigenvalue weighted by Crippen LogP contribution is -2.43. The lowest BCUT2D eigenvalue weighted by Gasteiger charge is -2.15. The van der Waals surface area contributed by atoms with Crippen molar-refractivity contribution in [2.75, 3.05) is 20.7 Å². The van der Waals surface area contributed by atoms with Crippen LogP contribution in [0.1, 0.15) is 25.5 Å². The molecule has 1 amide bonds. The van der Waals surface area contributed by atoms with E-state index >= 15 is 0 Å². The van der Waals surface area contributed by atoms with Crippen LogP contribution in [-0.4, -0.2) is 40.9 Å². The molecule has 0 unspecified atom stereocenters. The summed E-state index contributed by atoms with van der Waals surface area (Å²) in [6.07, 6.45) is 4.42. The van der Waals surface area contributed by atoms with Gasteiger partial charge in [0, 0.05) is 22.8 Å². The number of amides is 1. The molecule has 1 aromatic carbocycles. The summed E-state index contributed by atoms with van der Waals surface area (Å²) < 4.78 is 7.08. The first-order valence-electron chi connectivity index (χ1n) is 8.80. The van der Waals surface area contributed by atoms with Gasteiger partial charge in [0.05, 0.1) is 11.4 Å². The number of hydrogen-bond donors (Lipinski definition) is 1. The molecule has 138 valence electrons. The van der Waals surface area contributed by atoms with E-state index in [1.807, 2.05) is 28.1 Å². The number of carbonyl (C=O) groups excluding carboxylic acids is 1. The fourth-order valence-corrected chi connectivity index (χ4v) is 3.59. The third-order valence-corrected chi connectivity index (χ3v) is 5.25. The first-order chi connectivity index (χ1) is 12.4. The maximum atomic E-state index is 12.1. The van der Waals surface area contributed by atoms with Gasteiger partial charge in [0.2, 0.25) is 0 Å². The second-order valence-corrected chi connectivity index (χ2v) is 7.75. The smallest absolute Gasteiger partial charge is 0.351 e. The summed E-state index contributed by atoms with van der Waals surface area (Å²) in [6, 6.07) is 10.2. The Labute approximate surface area is 157 Å². The van der Waals surface area contributed by atoms with Crippen molar-refractivity contribution in [3.05, 3.63) is 47.6 Å². The molecule has 2 heterocycles. The van der Waals surface area contributed by atoms with Crippen LogP contribution in [0.2, 0.25) is 0 Å². The molecule has 3 aromatic rings. The number of thiazole rings is 1. The molecule has 0 aliphatic rings. The van der Waals surface area contributed by atoms with Crippen LogP contribution in [0.25, 0.3) is 16.0 Å². The average molecular weight is 373 g/mol. The van der Waals surface area contributed by atoms with Crippen LogP contribution in [0.3, 0.4) is 0 Å². The van der Waals surface area contributed by atoms with Gasteiger partial charge < -0.3 is 9.14 Å². The van der Waals surface area contributed by atoms with Crippen molar-refractivity contribution >= 4 is 22.1 Å². The second kappa shape index (κ2) is 7.61. The predicted molar refractivity (Wildman–Crippen MR) is 104 cm³/mol. The molecule has 26 heavy (non-hydrogen) atoms. The Kier molecular flexibility index (Phi) is 5.46. The number of nitrogens with zero attached hydrogens (tertiary/aromatic N) is 2. The highest BCUT2D eigenvalue weighted by atomic mass is 32.1. The largest absolute Gasteiger partial charge is 0.494 e. The Morgan fingerprint density at radius 1 is 1.23 bits per heavy atom. The molecule has 5 nitrogen and oxygen atoms in total. The van der Waals surface area contributed by atoms with Gasteiger partial charge in [0.15, 0.2) is 0 Å². The van der Waals surface area contributed by atoms with Gasteiger partial charge in [-0.15, -0.1) is 16.0 Å². The number of unbranched alkanes of at least 4 members (excludes halogenated alkanes) is 1. The molecule has 0 saturated heterocycles. The van der Waals surface area contributed by atoms with Crippen molar-refractivity contribution in [1.82, 2.24) is 4.40 Å². The van der Waals surface area contributed by atoms with Gasteiger partial charge in [-0.05, 0) is 30.2 Å². The Morgan fingerprint density at radius 3 is 2.62 bits per heavy atom. The first-order valence-corrected chi connectivity index (χ1v) is 9.68. The molecule has 3 rings (SSSR count). The molecule has 6 heteroatoms. The second-order valence-electron chi connectivity index (χ2n) is 6.86. The van der Waals surface area contributed by atoms with E-state index < -0.39 is 4.65 Å². The van der Waals surface area contributed by atoms with Crippen LogP contribution in [0, 0.1) is 0 Å². The van der Waals surface area contributed by atoms with Crippen molar-refractivity contribution in [1.29, 1.82) is 0 Å². The Bertz CT molecular complexity index is 888. The number of aromatic nitrogens is 1. The van der Waals surface area contributed by atoms with Crippen molar-refractivity contribution < 1.29 is 19.4 Å². The van der Waals surface area contributed by atoms with E-state index in [0.717, 1.165) is 46.8 Å². The number of carbonyl (C=O) groups is 1. The average Bonchev–Trinajstić information content (AvgIpc) is 3.17. The van der Waals surface area contributed by atoms with Crippen LogP contribution in [0.15, 0.2) is 41.9 Å². The molecule has 0 radical (unpaired) electrons. The molecule has 0 aliphatic carbocycles. The topological polar surface area (TPSA) is 50.9 Å². The van der Waals surface area contributed by atoms with E-state index in [0.29, 0.717) is 0 Å². The fourth-order valence-electron chi connectivity index (χ4n) is 2.65. The van der Waals surface area contributed by atoms with E-state index in [1.54, 1.807) is 11.3 Å². The highest BCUT2D eigenvalue weighted by molar-refractivity contribution is 7.15. The minimum Gasteiger partial charge on any atom is -0.494 e. The first kappa shape index (κ1) is 18.6. The number of quaternary nitrogens is 1. The van der Waals surface area contributed by atoms with Crippen molar-refractivity contribution in [2.24, 2.45) is 0 Å². The van der Waals surface area contributed by atoms with Crippen molar-refractivity contribution in [2.45, 2.75) is 26.2 Å². The summed E-state index contributed by atoms with van der Waals surface area (Å²) in [5, 5.41) is 11.8. The van der Waals surface area contributed by atoms with E-state index in [2.05, 4.69) is 25.1 Å². The molecule has 2 aromatic heterocycles. The number of ether oxygens (including phenoxy) is 1. The Balaban J connectivity index is 1.78. The molecule has 0 aliphatic heterocycles. The molecular weight excluding hydrogens is 348 g/mol. The van der Waals surface area contributed by atoms with Gasteiger partial charge in [-0.2, -0.15) is 0 Å². The lowest BCUT2D eigenvalue weighted by atomic mass is 10.1. The quantitative estimate of drug-likeness (QED) is 0.289. The molecule has 1 N–H and O–H groups in total. The Hall–Kier alpha value is -2.15. The zero-order valence-electron chi connectivity index (χ0n) is 15.4. The van der Waals surface area contributed by atoms with Gasteiger partial charge in [-0.25, -0.2) is 10.0 Å². The molecule has 0 atom stereocenters. The van der Waals surface area contributed by atoms with Crippen LogP contribution in [0.4, 0.5) is 0 Å². The minimum atomic E-state index is -0.662. The van der Waals surface area contributed by atoms with Crippen LogP contribution in [0.5, 0.6) is 5.75 Å². The van der Waals surface area contributed by atoms with Crippen LogP contribution < -0.4 is 4.74 Å². The zero-order chi connectivity index (χ0) is 18.7. The number of benzene rings is 1. The van der Waals surface area contributed by atoms with Crippen LogP contribution in [-0.2, 0) is 11.2 Å². The minimum absolute atomic E-state index is 0.196. The highest BCUT2D eigenvalue weighted by Gasteiger charge is 2.25. The number of likely N-dealkylation sites (N-methyl/N-ethyl adjacent to an activating group) is 1. The summed E-state index contributed by atoms with van der Waals surface area (Å²) >= 11 is 1.60. The third kappa shape index (κ3) is 4.15. The SMILES string of the molecule is CCCCOc1ccc(-c2cc3scc(CC(=O)[N+](C)(C)O)n3c2)cc1. The number of hydroxylamine groups is 3. The normalized spacial score (nSPS) is 11.8. The van der Waals surface area contributed by atoms with E-state index in [9.17, 15) is 10.0 Å². The summed E-state index contributed by atoms with van der Waals surface area (Å²) in [7, 11) is 2.94. The zero-order valence-corrected chi connectivity index (χ0v) is 16.3. The molecule has 0 saturated carbocycles. The summed E-state index contributed by atoms with van der Waals surface area (Å²) in [6.45, 7) is 2.89. The maximum Gasteiger partial charge on any atom is 0.351 e. The molecule has 0 bridgehead atoms. The van der Waals surface area contributed by atoms with Crippen LogP contribution >= 0.6 is 11.3 Å². The number of rotatable bonds is 7. The Morgan fingerprint density at radius 2 is 1.96 bits per heavy atom. The summed E-state index contributed by atoms with van der Waals surface area (Å²) in [5.41, 5.74) is 3.10. The summed E-state index contributed by atoms with van der Waals surface area (Å²) in [4.78, 5) is 13.2. The molecular formula is C20H25N2O3S+. The number of fused-ring (bicyclic) bond motifs is 1. The van der Waals surface area contributed by atoms with Gasteiger partial charge in [0.1, 0.15) is 26.3 Å². The fraction of sp³-hybridized carbons (Fsp3) is 0.350. The van der Waals surface area contributed by atoms with E-state index in [4.69, 9.17) is 4.74 Å². The van der Waals surface area contributed by atoms with Gasteiger partial charge in [0.25, 0.3) is 0 Å². The lowest BCUT2D eigenvalue weighted by molar-refractivity contribution is -1.01. The monoisotopic (exact) mass is 373 g/mol. The van der Waals surface area contributed by atoms with E-state index in [1.165, 1.54) is 14.1 Å². The predicted octanol–water partition coefficient (Wildman–Crippen LogP) is 4.38. The van der Waals surface area contributed by atoms with Gasteiger partial charge in [-0.1, -0.05) is 25.5 Å². The maximum absolute atomic E-state index is 12.1. The summed E-state index contributed by atoms with van der Waals surface area (Å²) in [5.74, 6) is 0.644. The van der Waals surface area contributed by atoms with Gasteiger partial charge >= 0.3 is 5.91 Å². The molecule has 0 spiro atoms. The van der Waals surface area contributed by atoms with Crippen molar-refractivity contribution in [3.63, 3.8) is 0 Å². The number of hydrogen-bond acceptors (Lipinski definition) is 4. The third-order valence-electron chi connectivity index (χ3n) is 4.31. The standard InChI is InChI=1S/C20H25N2O3S/c1-4-5-10-25-18-8-6-15(7-9-18)16-11-19-21(13-16)17(14-26-19)12-20(23)22(2,3)24/h6-9,11,13-14,24H,4-5,10,12H2,1-3H3/q+1. The van der Waals surface area contributed by atoms with Gasteiger partial charge in [-0.3, -0.25) is 0 Å². The van der Waals surface area contributed by atoms with E-state index in [-0.39, 0.29) is 12.3 Å².